The highest BCUT2D eigenvalue weighted by molar-refractivity contribution is 5.71. The van der Waals surface area contributed by atoms with E-state index >= 15 is 0 Å². The molecule has 0 saturated carbocycles. The van der Waals surface area contributed by atoms with Gasteiger partial charge in [0.2, 0.25) is 6.33 Å². The van der Waals surface area contributed by atoms with Crippen molar-refractivity contribution in [2.24, 2.45) is 7.05 Å². The number of hydrogen-bond acceptors (Lipinski definition) is 0. The normalized spacial score (nSPS) is 10.6. The monoisotopic (exact) mass is 338 g/mol. The fourth-order valence-corrected chi connectivity index (χ4v) is 2.30. The van der Waals surface area contributed by atoms with Crippen LogP contribution in [0.5, 0.6) is 0 Å². The molecule has 2 aromatic carbocycles. The number of hydrogen-bond donors (Lipinski definition) is 0. The van der Waals surface area contributed by atoms with Crippen LogP contribution in [0.4, 0.5) is 8.78 Å². The van der Waals surface area contributed by atoms with Crippen molar-refractivity contribution >= 4 is 11.0 Å². The van der Waals surface area contributed by atoms with E-state index in [9.17, 15) is 8.78 Å². The molecule has 0 unspecified atom stereocenters. The molecule has 0 aliphatic heterocycles. The number of nitrogens with zero attached hydrogens (tertiary/aromatic N) is 2. The molecule has 0 aliphatic rings. The number of aryl methyl sites for hydroxylation is 1. The van der Waals surface area contributed by atoms with Crippen molar-refractivity contribution in [1.82, 2.24) is 4.57 Å². The average molecular weight is 339 g/mol. The first kappa shape index (κ1) is 14.7. The van der Waals surface area contributed by atoms with Crippen molar-refractivity contribution in [1.29, 1.82) is 0 Å². The predicted octanol–water partition coefficient (Wildman–Crippen LogP) is -0.204. The molecule has 3 aromatic rings. The summed E-state index contributed by atoms with van der Waals surface area (Å²) in [5.74, 6) is -1.07. The van der Waals surface area contributed by atoms with E-state index in [-0.39, 0.29) is 17.0 Å². The van der Waals surface area contributed by atoms with E-state index in [2.05, 4.69) is 0 Å². The number of halogens is 3. The highest BCUT2D eigenvalue weighted by Crippen LogP contribution is 2.12. The van der Waals surface area contributed by atoms with Gasteiger partial charge in [-0.25, -0.2) is 17.9 Å². The zero-order chi connectivity index (χ0) is 13.4. The molecule has 1 aromatic heterocycles. The second kappa shape index (κ2) is 5.71. The maximum atomic E-state index is 13.7. The summed E-state index contributed by atoms with van der Waals surface area (Å²) >= 11 is 0. The number of para-hydroxylation sites is 2. The first-order valence-electron chi connectivity index (χ1n) is 6.02. The van der Waals surface area contributed by atoms with Crippen LogP contribution in [0.25, 0.3) is 11.0 Å². The molecular formula is C15H13BrF2N2. The first-order valence-corrected chi connectivity index (χ1v) is 6.02. The van der Waals surface area contributed by atoms with Crippen LogP contribution in [0.3, 0.4) is 0 Å². The predicted molar refractivity (Wildman–Crippen MR) is 68.6 cm³/mol. The van der Waals surface area contributed by atoms with Crippen molar-refractivity contribution in [3.63, 3.8) is 0 Å². The van der Waals surface area contributed by atoms with Crippen LogP contribution in [-0.4, -0.2) is 4.57 Å². The third kappa shape index (κ3) is 2.58. The number of benzene rings is 2. The van der Waals surface area contributed by atoms with E-state index in [0.29, 0.717) is 12.1 Å². The van der Waals surface area contributed by atoms with Crippen molar-refractivity contribution in [3.05, 3.63) is 66.0 Å². The van der Waals surface area contributed by atoms with Gasteiger partial charge in [0.1, 0.15) is 18.2 Å². The molecule has 0 spiro atoms. The van der Waals surface area contributed by atoms with Crippen molar-refractivity contribution in [3.8, 4) is 0 Å². The number of rotatable bonds is 2. The molecule has 1 heterocycles. The van der Waals surface area contributed by atoms with Gasteiger partial charge in [-0.2, -0.15) is 0 Å². The van der Waals surface area contributed by atoms with Crippen LogP contribution in [0.2, 0.25) is 0 Å². The topological polar surface area (TPSA) is 8.81 Å². The fraction of sp³-hybridized carbons (Fsp3) is 0.133. The lowest BCUT2D eigenvalue weighted by Gasteiger charge is -2.01. The number of fused-ring (bicyclic) bond motifs is 1. The Morgan fingerprint density at radius 1 is 1.10 bits per heavy atom. The van der Waals surface area contributed by atoms with E-state index in [1.807, 2.05) is 46.8 Å². The summed E-state index contributed by atoms with van der Waals surface area (Å²) < 4.78 is 30.5. The van der Waals surface area contributed by atoms with Gasteiger partial charge in [0.25, 0.3) is 0 Å². The third-order valence-electron chi connectivity index (χ3n) is 3.24. The largest absolute Gasteiger partial charge is 1.00 e. The van der Waals surface area contributed by atoms with Gasteiger partial charge in [-0.15, -0.1) is 0 Å². The Morgan fingerprint density at radius 3 is 2.60 bits per heavy atom. The van der Waals surface area contributed by atoms with Gasteiger partial charge in [0.15, 0.2) is 11.0 Å². The summed E-state index contributed by atoms with van der Waals surface area (Å²) in [6.45, 7) is 0.382. The van der Waals surface area contributed by atoms with Crippen molar-refractivity contribution in [2.75, 3.05) is 0 Å². The van der Waals surface area contributed by atoms with Gasteiger partial charge in [0, 0.05) is 11.6 Å². The zero-order valence-corrected chi connectivity index (χ0v) is 12.4. The van der Waals surface area contributed by atoms with Crippen LogP contribution in [0.15, 0.2) is 48.8 Å². The Kier molecular flexibility index (Phi) is 4.18. The molecule has 0 amide bonds. The van der Waals surface area contributed by atoms with Crippen LogP contribution < -0.4 is 21.5 Å². The summed E-state index contributed by atoms with van der Waals surface area (Å²) in [6, 6.07) is 11.6. The quantitative estimate of drug-likeness (QED) is 0.572. The molecule has 2 nitrogen and oxygen atoms in total. The Labute approximate surface area is 126 Å². The van der Waals surface area contributed by atoms with Gasteiger partial charge in [-0.1, -0.05) is 12.1 Å². The highest BCUT2D eigenvalue weighted by Gasteiger charge is 2.14. The molecule has 5 heteroatoms. The molecule has 0 atom stereocenters. The smallest absolute Gasteiger partial charge is 0.244 e. The SMILES string of the molecule is Cn1c[n+](Cc2ccc(F)cc2F)c2ccccc21.[Br-]. The van der Waals surface area contributed by atoms with Gasteiger partial charge >= 0.3 is 0 Å². The van der Waals surface area contributed by atoms with Crippen LogP contribution in [0.1, 0.15) is 5.56 Å². The number of imidazole rings is 1. The number of aromatic nitrogens is 2. The van der Waals surface area contributed by atoms with E-state index in [0.717, 1.165) is 17.1 Å². The standard InChI is InChI=1S/C15H13F2N2.BrH/c1-18-10-19(15-5-3-2-4-14(15)18)9-11-6-7-12(16)8-13(11)17;/h2-8,10H,9H2,1H3;1H/q+1;/p-1. The zero-order valence-electron chi connectivity index (χ0n) is 10.9. The molecule has 0 N–H and O–H groups in total. The maximum Gasteiger partial charge on any atom is 0.244 e. The van der Waals surface area contributed by atoms with Crippen molar-refractivity contribution in [2.45, 2.75) is 6.54 Å². The second-order valence-corrected chi connectivity index (χ2v) is 4.58. The average Bonchev–Trinajstić information content (AvgIpc) is 2.71. The Hall–Kier alpha value is -1.75. The summed E-state index contributed by atoms with van der Waals surface area (Å²) in [6.07, 6.45) is 1.91. The highest BCUT2D eigenvalue weighted by atomic mass is 79.9. The van der Waals surface area contributed by atoms with Crippen LogP contribution in [0, 0.1) is 11.6 Å². The third-order valence-corrected chi connectivity index (χ3v) is 3.24. The lowest BCUT2D eigenvalue weighted by atomic mass is 10.2. The lowest BCUT2D eigenvalue weighted by molar-refractivity contribution is -0.663. The van der Waals surface area contributed by atoms with Gasteiger partial charge in [0.05, 0.1) is 7.05 Å². The summed E-state index contributed by atoms with van der Waals surface area (Å²) in [7, 11) is 1.94. The van der Waals surface area contributed by atoms with Gasteiger partial charge < -0.3 is 17.0 Å². The Morgan fingerprint density at radius 2 is 1.85 bits per heavy atom. The lowest BCUT2D eigenvalue weighted by Crippen LogP contribution is -3.00. The summed E-state index contributed by atoms with van der Waals surface area (Å²) in [4.78, 5) is 0. The Balaban J connectivity index is 0.00000147. The molecule has 104 valence electrons. The summed E-state index contributed by atoms with van der Waals surface area (Å²) in [5.41, 5.74) is 2.57. The minimum absolute atomic E-state index is 0. The fourth-order valence-electron chi connectivity index (χ4n) is 2.30. The first-order chi connectivity index (χ1) is 9.15. The van der Waals surface area contributed by atoms with Gasteiger partial charge in [-0.05, 0) is 24.3 Å². The second-order valence-electron chi connectivity index (χ2n) is 4.58. The van der Waals surface area contributed by atoms with E-state index in [1.54, 1.807) is 0 Å². The molecule has 0 bridgehead atoms. The Bertz CT molecular complexity index is 753. The molecule has 3 rings (SSSR count). The van der Waals surface area contributed by atoms with Gasteiger partial charge in [-0.3, -0.25) is 0 Å². The van der Waals surface area contributed by atoms with Crippen LogP contribution in [-0.2, 0) is 13.6 Å². The molecule has 0 aliphatic carbocycles. The minimum atomic E-state index is -0.552. The molecule has 20 heavy (non-hydrogen) atoms. The molecular weight excluding hydrogens is 326 g/mol. The van der Waals surface area contributed by atoms with E-state index in [1.165, 1.54) is 12.1 Å². The summed E-state index contributed by atoms with van der Waals surface area (Å²) in [5, 5.41) is 0. The molecule has 0 saturated heterocycles. The minimum Gasteiger partial charge on any atom is -1.00 e. The van der Waals surface area contributed by atoms with E-state index < -0.39 is 11.6 Å². The van der Waals surface area contributed by atoms with Crippen LogP contribution >= 0.6 is 0 Å². The van der Waals surface area contributed by atoms with E-state index in [4.69, 9.17) is 0 Å². The maximum absolute atomic E-state index is 13.7. The van der Waals surface area contributed by atoms with Crippen molar-refractivity contribution < 1.29 is 30.3 Å². The molecule has 0 radical (unpaired) electrons. The molecule has 0 fully saturated rings.